The molecule has 0 bridgehead atoms. The number of nitrogens with zero attached hydrogens (tertiary/aromatic N) is 2. The number of aromatic nitrogens is 1. The molecule has 0 saturated carbocycles. The molecule has 2 aromatic carbocycles. The first kappa shape index (κ1) is 17.0. The Morgan fingerprint density at radius 2 is 1.92 bits per heavy atom. The highest BCUT2D eigenvalue weighted by Crippen LogP contribution is 2.29. The van der Waals surface area contributed by atoms with Crippen molar-refractivity contribution in [1.29, 1.82) is 0 Å². The van der Waals surface area contributed by atoms with Gasteiger partial charge in [0.05, 0.1) is 22.0 Å². The molecule has 24 heavy (non-hydrogen) atoms. The van der Waals surface area contributed by atoms with Crippen molar-refractivity contribution in [1.82, 2.24) is 9.88 Å². The summed E-state index contributed by atoms with van der Waals surface area (Å²) in [5.74, 6) is 0.561. The van der Waals surface area contributed by atoms with Gasteiger partial charge in [-0.2, -0.15) is 0 Å². The molecular formula is C19H20N2OS2. The summed E-state index contributed by atoms with van der Waals surface area (Å²) in [6.45, 7) is 4.11. The van der Waals surface area contributed by atoms with Crippen molar-refractivity contribution in [2.75, 3.05) is 12.8 Å². The zero-order chi connectivity index (χ0) is 17.1. The molecule has 3 aromatic rings. The fraction of sp³-hybridized carbons (Fsp3) is 0.263. The highest BCUT2D eigenvalue weighted by Gasteiger charge is 2.20. The zero-order valence-electron chi connectivity index (χ0n) is 14.0. The average molecular weight is 357 g/mol. The maximum atomic E-state index is 12.5. The average Bonchev–Trinajstić information content (AvgIpc) is 3.03. The Balaban J connectivity index is 1.67. The number of fused-ring (bicyclic) bond motifs is 1. The van der Waals surface area contributed by atoms with Crippen LogP contribution in [0.2, 0.25) is 0 Å². The summed E-state index contributed by atoms with van der Waals surface area (Å²) in [6, 6.07) is 16.2. The summed E-state index contributed by atoms with van der Waals surface area (Å²) in [5, 5.41) is 0.980. The maximum Gasteiger partial charge on any atom is 0.233 e. The third kappa shape index (κ3) is 3.62. The summed E-state index contributed by atoms with van der Waals surface area (Å²) in [5.41, 5.74) is 2.21. The maximum absolute atomic E-state index is 12.5. The van der Waals surface area contributed by atoms with Crippen molar-refractivity contribution in [2.24, 2.45) is 0 Å². The van der Waals surface area contributed by atoms with Crippen molar-refractivity contribution in [3.8, 4) is 0 Å². The first-order valence-electron chi connectivity index (χ1n) is 7.86. The lowest BCUT2D eigenvalue weighted by molar-refractivity contribution is -0.128. The van der Waals surface area contributed by atoms with Gasteiger partial charge in [0.2, 0.25) is 5.91 Å². The molecule has 0 fully saturated rings. The molecule has 124 valence electrons. The highest BCUT2D eigenvalue weighted by atomic mass is 32.2. The zero-order valence-corrected chi connectivity index (χ0v) is 15.7. The lowest BCUT2D eigenvalue weighted by atomic mass is 10.2. The summed E-state index contributed by atoms with van der Waals surface area (Å²) >= 11 is 3.25. The van der Waals surface area contributed by atoms with E-state index >= 15 is 0 Å². The van der Waals surface area contributed by atoms with Gasteiger partial charge < -0.3 is 4.90 Å². The van der Waals surface area contributed by atoms with E-state index in [1.165, 1.54) is 5.56 Å². The standard InChI is InChI=1S/C19H20N2OS2/c1-13-8-4-6-10-16(13)23-12-18(22)21(3)14(2)19-20-15-9-5-7-11-17(15)24-19/h4-11,14H,12H2,1-3H3. The van der Waals surface area contributed by atoms with Crippen molar-refractivity contribution in [2.45, 2.75) is 24.8 Å². The third-order valence-electron chi connectivity index (χ3n) is 4.09. The molecule has 3 rings (SSSR count). The molecule has 1 atom stereocenters. The first-order valence-corrected chi connectivity index (χ1v) is 9.66. The topological polar surface area (TPSA) is 33.2 Å². The molecule has 1 heterocycles. The van der Waals surface area contributed by atoms with Gasteiger partial charge in [-0.3, -0.25) is 4.79 Å². The second-order valence-corrected chi connectivity index (χ2v) is 7.83. The third-order valence-corrected chi connectivity index (χ3v) is 6.45. The predicted octanol–water partition coefficient (Wildman–Crippen LogP) is 4.92. The van der Waals surface area contributed by atoms with Crippen LogP contribution >= 0.6 is 23.1 Å². The molecule has 1 aromatic heterocycles. The van der Waals surface area contributed by atoms with E-state index in [9.17, 15) is 4.79 Å². The number of carbonyl (C=O) groups excluding carboxylic acids is 1. The second kappa shape index (κ2) is 7.36. The van der Waals surface area contributed by atoms with Crippen molar-refractivity contribution < 1.29 is 4.79 Å². The van der Waals surface area contributed by atoms with Crippen LogP contribution in [0.5, 0.6) is 0 Å². The number of aryl methyl sites for hydroxylation is 1. The van der Waals surface area contributed by atoms with E-state index in [1.807, 2.05) is 44.3 Å². The van der Waals surface area contributed by atoms with Crippen LogP contribution in [0.4, 0.5) is 0 Å². The van der Waals surface area contributed by atoms with E-state index < -0.39 is 0 Å². The van der Waals surface area contributed by atoms with E-state index in [0.717, 1.165) is 20.1 Å². The van der Waals surface area contributed by atoms with E-state index in [-0.39, 0.29) is 11.9 Å². The number of hydrogen-bond donors (Lipinski definition) is 0. The Bertz CT molecular complexity index is 826. The summed E-state index contributed by atoms with van der Waals surface area (Å²) in [6.07, 6.45) is 0. The molecule has 0 radical (unpaired) electrons. The smallest absolute Gasteiger partial charge is 0.233 e. The Morgan fingerprint density at radius 1 is 1.21 bits per heavy atom. The Kier molecular flexibility index (Phi) is 5.21. The minimum atomic E-state index is -0.0210. The van der Waals surface area contributed by atoms with E-state index in [1.54, 1.807) is 28.0 Å². The van der Waals surface area contributed by atoms with E-state index in [2.05, 4.69) is 30.1 Å². The van der Waals surface area contributed by atoms with Crippen LogP contribution in [0.15, 0.2) is 53.4 Å². The quantitative estimate of drug-likeness (QED) is 0.609. The minimum Gasteiger partial charge on any atom is -0.336 e. The van der Waals surface area contributed by atoms with Gasteiger partial charge in [-0.05, 0) is 37.6 Å². The van der Waals surface area contributed by atoms with E-state index in [4.69, 9.17) is 0 Å². The van der Waals surface area contributed by atoms with Crippen LogP contribution < -0.4 is 0 Å². The SMILES string of the molecule is Cc1ccccc1SCC(=O)N(C)C(C)c1nc2ccccc2s1. The predicted molar refractivity (Wildman–Crippen MR) is 103 cm³/mol. The molecule has 0 N–H and O–H groups in total. The highest BCUT2D eigenvalue weighted by molar-refractivity contribution is 8.00. The van der Waals surface area contributed by atoms with E-state index in [0.29, 0.717) is 5.75 Å². The molecule has 0 aliphatic rings. The molecule has 0 aliphatic carbocycles. The Hall–Kier alpha value is -1.85. The number of para-hydroxylation sites is 1. The van der Waals surface area contributed by atoms with Gasteiger partial charge in [-0.25, -0.2) is 4.98 Å². The normalized spacial score (nSPS) is 12.3. The van der Waals surface area contributed by atoms with Crippen LogP contribution in [-0.2, 0) is 4.79 Å². The minimum absolute atomic E-state index is 0.0210. The van der Waals surface area contributed by atoms with Crippen molar-refractivity contribution in [3.05, 3.63) is 59.1 Å². The number of thioether (sulfide) groups is 1. The number of rotatable bonds is 5. The van der Waals surface area contributed by atoms with Crippen LogP contribution in [0.25, 0.3) is 10.2 Å². The fourth-order valence-corrected chi connectivity index (χ4v) is 4.43. The number of carbonyl (C=O) groups is 1. The van der Waals surface area contributed by atoms with Crippen LogP contribution in [0.3, 0.4) is 0 Å². The largest absolute Gasteiger partial charge is 0.336 e. The molecule has 3 nitrogen and oxygen atoms in total. The molecule has 1 amide bonds. The van der Waals surface area contributed by atoms with Gasteiger partial charge >= 0.3 is 0 Å². The lowest BCUT2D eigenvalue weighted by Crippen LogP contribution is -2.31. The second-order valence-electron chi connectivity index (χ2n) is 5.75. The summed E-state index contributed by atoms with van der Waals surface area (Å²) in [7, 11) is 1.86. The molecule has 5 heteroatoms. The number of amides is 1. The van der Waals surface area contributed by atoms with Gasteiger partial charge in [-0.15, -0.1) is 23.1 Å². The van der Waals surface area contributed by atoms with Gasteiger partial charge in [-0.1, -0.05) is 30.3 Å². The molecule has 1 unspecified atom stereocenters. The van der Waals surface area contributed by atoms with Crippen LogP contribution in [-0.4, -0.2) is 28.6 Å². The molecule has 0 spiro atoms. The first-order chi connectivity index (χ1) is 11.6. The number of thiazole rings is 1. The Labute approximate surface area is 150 Å². The monoisotopic (exact) mass is 356 g/mol. The summed E-state index contributed by atoms with van der Waals surface area (Å²) < 4.78 is 1.16. The van der Waals surface area contributed by atoms with Crippen LogP contribution in [0, 0.1) is 6.92 Å². The van der Waals surface area contributed by atoms with Gasteiger partial charge in [0.1, 0.15) is 5.01 Å². The molecular weight excluding hydrogens is 336 g/mol. The van der Waals surface area contributed by atoms with Gasteiger partial charge in [0, 0.05) is 11.9 Å². The van der Waals surface area contributed by atoms with Gasteiger partial charge in [0.25, 0.3) is 0 Å². The number of benzene rings is 2. The fourth-order valence-electron chi connectivity index (χ4n) is 2.41. The lowest BCUT2D eigenvalue weighted by Gasteiger charge is -2.23. The Morgan fingerprint density at radius 3 is 2.67 bits per heavy atom. The van der Waals surface area contributed by atoms with Crippen molar-refractivity contribution in [3.63, 3.8) is 0 Å². The molecule has 0 saturated heterocycles. The van der Waals surface area contributed by atoms with Crippen LogP contribution in [0.1, 0.15) is 23.5 Å². The number of hydrogen-bond acceptors (Lipinski definition) is 4. The van der Waals surface area contributed by atoms with Gasteiger partial charge in [0.15, 0.2) is 0 Å². The van der Waals surface area contributed by atoms with Crippen molar-refractivity contribution >= 4 is 39.2 Å². The molecule has 0 aliphatic heterocycles. The summed E-state index contributed by atoms with van der Waals surface area (Å²) in [4.78, 5) is 20.2.